The molecule has 0 amide bonds. The fourth-order valence-electron chi connectivity index (χ4n) is 0.748. The second-order valence-corrected chi connectivity index (χ2v) is 2.26. The molecular weight excluding hydrogens is 168 g/mol. The number of aliphatic imine (C=N–C) groups is 1. The summed E-state index contributed by atoms with van der Waals surface area (Å²) in [4.78, 5) is 3.08. The van der Waals surface area contributed by atoms with Gasteiger partial charge in [0.15, 0.2) is 6.17 Å². The fourth-order valence-corrected chi connectivity index (χ4v) is 0.888. The maximum atomic E-state index is 13.2. The van der Waals surface area contributed by atoms with E-state index in [1.807, 2.05) is 5.16 Å². The lowest BCUT2D eigenvalue weighted by Crippen LogP contribution is -2.30. The lowest BCUT2D eigenvalue weighted by Gasteiger charge is -2.18. The first kappa shape index (κ1) is 8.24. The van der Waals surface area contributed by atoms with Crippen molar-refractivity contribution in [1.82, 2.24) is 0 Å². The number of rotatable bonds is 1. The van der Waals surface area contributed by atoms with Gasteiger partial charge in [-0.2, -0.15) is 4.99 Å². The minimum absolute atomic E-state index is 1.01. The molecule has 0 aliphatic heterocycles. The van der Waals surface area contributed by atoms with Crippen molar-refractivity contribution in [3.63, 3.8) is 0 Å². The average molecular weight is 173 g/mol. The second kappa shape index (κ2) is 3.03. The molecular formula is C7H5F2NS. The summed E-state index contributed by atoms with van der Waals surface area (Å²) in [5.41, 5.74) is 0. The summed E-state index contributed by atoms with van der Waals surface area (Å²) in [7, 11) is 0. The molecule has 0 aromatic rings. The zero-order chi connectivity index (χ0) is 8.32. The highest BCUT2D eigenvalue weighted by atomic mass is 32.1. The molecule has 1 aliphatic carbocycles. The Balaban J connectivity index is 2.94. The van der Waals surface area contributed by atoms with Crippen molar-refractivity contribution in [2.24, 2.45) is 4.99 Å². The SMILES string of the molecule is FC1C=CC=CC1(F)N=C=S. The van der Waals surface area contributed by atoms with E-state index in [2.05, 4.69) is 17.2 Å². The number of hydrogen-bond donors (Lipinski definition) is 0. The van der Waals surface area contributed by atoms with Gasteiger partial charge in [0.05, 0.1) is 5.16 Å². The van der Waals surface area contributed by atoms with Gasteiger partial charge in [-0.25, -0.2) is 8.78 Å². The van der Waals surface area contributed by atoms with Crippen LogP contribution in [0.5, 0.6) is 0 Å². The van der Waals surface area contributed by atoms with Crippen LogP contribution >= 0.6 is 12.2 Å². The monoisotopic (exact) mass is 173 g/mol. The first-order valence-corrected chi connectivity index (χ1v) is 3.38. The predicted octanol–water partition coefficient (Wildman–Crippen LogP) is 2.22. The highest BCUT2D eigenvalue weighted by molar-refractivity contribution is 7.78. The van der Waals surface area contributed by atoms with Crippen LogP contribution in [0.4, 0.5) is 8.78 Å². The van der Waals surface area contributed by atoms with E-state index in [0.29, 0.717) is 0 Å². The summed E-state index contributed by atoms with van der Waals surface area (Å²) in [6.45, 7) is 0. The largest absolute Gasteiger partial charge is 0.262 e. The van der Waals surface area contributed by atoms with Gasteiger partial charge < -0.3 is 0 Å². The molecule has 0 fully saturated rings. The first-order valence-electron chi connectivity index (χ1n) is 2.97. The van der Waals surface area contributed by atoms with E-state index in [1.165, 1.54) is 12.2 Å². The number of hydrogen-bond acceptors (Lipinski definition) is 2. The summed E-state index contributed by atoms with van der Waals surface area (Å²) in [6, 6.07) is 0. The summed E-state index contributed by atoms with van der Waals surface area (Å²) < 4.78 is 25.9. The molecule has 1 nitrogen and oxygen atoms in total. The topological polar surface area (TPSA) is 12.4 Å². The Morgan fingerprint density at radius 2 is 2.27 bits per heavy atom. The van der Waals surface area contributed by atoms with Crippen LogP contribution in [0.2, 0.25) is 0 Å². The number of allylic oxidation sites excluding steroid dienone is 2. The van der Waals surface area contributed by atoms with Gasteiger partial charge in [-0.1, -0.05) is 12.2 Å². The Morgan fingerprint density at radius 3 is 2.82 bits per heavy atom. The zero-order valence-corrected chi connectivity index (χ0v) is 6.31. The normalized spacial score (nSPS) is 34.9. The van der Waals surface area contributed by atoms with Crippen molar-refractivity contribution < 1.29 is 8.78 Å². The van der Waals surface area contributed by atoms with Gasteiger partial charge in [-0.3, -0.25) is 0 Å². The van der Waals surface area contributed by atoms with Crippen molar-refractivity contribution in [3.8, 4) is 0 Å². The van der Waals surface area contributed by atoms with Crippen LogP contribution < -0.4 is 0 Å². The van der Waals surface area contributed by atoms with Crippen molar-refractivity contribution in [2.75, 3.05) is 0 Å². The molecule has 0 radical (unpaired) electrons. The van der Waals surface area contributed by atoms with Crippen molar-refractivity contribution in [1.29, 1.82) is 0 Å². The van der Waals surface area contributed by atoms with Crippen LogP contribution in [0, 0.1) is 0 Å². The maximum Gasteiger partial charge on any atom is 0.262 e. The van der Waals surface area contributed by atoms with E-state index >= 15 is 0 Å². The highest BCUT2D eigenvalue weighted by Gasteiger charge is 2.36. The van der Waals surface area contributed by atoms with Gasteiger partial charge in [0.1, 0.15) is 0 Å². The third-order valence-corrected chi connectivity index (χ3v) is 1.42. The molecule has 11 heavy (non-hydrogen) atoms. The Bertz CT molecular complexity index is 255. The van der Waals surface area contributed by atoms with E-state index < -0.39 is 12.0 Å². The van der Waals surface area contributed by atoms with Crippen LogP contribution in [0.3, 0.4) is 0 Å². The van der Waals surface area contributed by atoms with Crippen molar-refractivity contribution >= 4 is 17.4 Å². The van der Waals surface area contributed by atoms with Crippen LogP contribution in [-0.4, -0.2) is 17.1 Å². The van der Waals surface area contributed by atoms with E-state index in [-0.39, 0.29) is 0 Å². The molecule has 0 aromatic carbocycles. The molecule has 1 aliphatic rings. The molecule has 0 heterocycles. The third-order valence-electron chi connectivity index (χ3n) is 1.32. The third kappa shape index (κ3) is 1.59. The lowest BCUT2D eigenvalue weighted by atomic mass is 10.1. The van der Waals surface area contributed by atoms with E-state index in [9.17, 15) is 8.78 Å². The molecule has 0 saturated carbocycles. The second-order valence-electron chi connectivity index (χ2n) is 2.08. The Hall–Kier alpha value is -0.860. The number of thiocarbonyl (C=S) groups is 1. The van der Waals surface area contributed by atoms with Crippen LogP contribution in [0.15, 0.2) is 29.3 Å². The minimum Gasteiger partial charge on any atom is -0.237 e. The summed E-state index contributed by atoms with van der Waals surface area (Å²) in [5, 5.41) is 1.82. The molecule has 0 spiro atoms. The van der Waals surface area contributed by atoms with Gasteiger partial charge in [-0.05, 0) is 24.4 Å². The van der Waals surface area contributed by atoms with Gasteiger partial charge in [-0.15, -0.1) is 0 Å². The number of nitrogens with zero attached hydrogens (tertiary/aromatic N) is 1. The van der Waals surface area contributed by atoms with Gasteiger partial charge in [0.2, 0.25) is 0 Å². The van der Waals surface area contributed by atoms with Crippen LogP contribution in [0.1, 0.15) is 0 Å². The molecule has 1 rings (SSSR count). The lowest BCUT2D eigenvalue weighted by molar-refractivity contribution is 0.135. The molecule has 2 atom stereocenters. The molecule has 0 bridgehead atoms. The summed E-state index contributed by atoms with van der Waals surface area (Å²) >= 11 is 4.18. The van der Waals surface area contributed by atoms with Crippen molar-refractivity contribution in [2.45, 2.75) is 12.0 Å². The zero-order valence-electron chi connectivity index (χ0n) is 5.50. The summed E-state index contributed by atoms with van der Waals surface area (Å²) in [6.07, 6.45) is 3.13. The molecule has 0 aromatic heterocycles. The number of isothiocyanates is 1. The van der Waals surface area contributed by atoms with E-state index in [0.717, 1.165) is 12.2 Å². The Labute approximate surface area is 68.1 Å². The number of halogens is 2. The summed E-state index contributed by atoms with van der Waals surface area (Å²) in [5.74, 6) is -2.34. The quantitative estimate of drug-likeness (QED) is 0.336. The molecule has 58 valence electrons. The smallest absolute Gasteiger partial charge is 0.237 e. The van der Waals surface area contributed by atoms with Gasteiger partial charge in [0.25, 0.3) is 5.79 Å². The van der Waals surface area contributed by atoms with Gasteiger partial charge in [0, 0.05) is 0 Å². The van der Waals surface area contributed by atoms with Crippen molar-refractivity contribution in [3.05, 3.63) is 24.3 Å². The predicted molar refractivity (Wildman–Crippen MR) is 42.0 cm³/mol. The molecule has 0 N–H and O–H groups in total. The Kier molecular flexibility index (Phi) is 2.27. The molecule has 4 heteroatoms. The number of alkyl halides is 2. The van der Waals surface area contributed by atoms with Crippen LogP contribution in [-0.2, 0) is 0 Å². The minimum atomic E-state index is -2.34. The molecule has 2 unspecified atom stereocenters. The average Bonchev–Trinajstić information content (AvgIpc) is 1.96. The van der Waals surface area contributed by atoms with Gasteiger partial charge >= 0.3 is 0 Å². The molecule has 0 saturated heterocycles. The first-order chi connectivity index (χ1) is 5.19. The standard InChI is InChI=1S/C7H5F2NS/c8-6-3-1-2-4-7(6,9)10-5-11/h1-4,6H. The van der Waals surface area contributed by atoms with E-state index in [1.54, 1.807) is 0 Å². The van der Waals surface area contributed by atoms with Crippen LogP contribution in [0.25, 0.3) is 0 Å². The maximum absolute atomic E-state index is 13.2. The Morgan fingerprint density at radius 1 is 1.55 bits per heavy atom. The highest BCUT2D eigenvalue weighted by Crippen LogP contribution is 2.26. The fraction of sp³-hybridized carbons (Fsp3) is 0.286. The van der Waals surface area contributed by atoms with E-state index in [4.69, 9.17) is 0 Å².